The summed E-state index contributed by atoms with van der Waals surface area (Å²) in [5.41, 5.74) is 4.58. The summed E-state index contributed by atoms with van der Waals surface area (Å²) in [6.07, 6.45) is 43.7. The predicted molar refractivity (Wildman–Crippen MR) is 288 cm³/mol. The van der Waals surface area contributed by atoms with Gasteiger partial charge in [0.25, 0.3) is 0 Å². The molecule has 1 aromatic heterocycles. The van der Waals surface area contributed by atoms with E-state index in [-0.39, 0.29) is 30.9 Å². The molecule has 9 atom stereocenters. The molecule has 0 bridgehead atoms. The van der Waals surface area contributed by atoms with E-state index in [4.69, 9.17) is 33.7 Å². The van der Waals surface area contributed by atoms with Gasteiger partial charge in [0.05, 0.1) is 25.4 Å². The molecule has 4 unspecified atom stereocenters. The number of rotatable bonds is 41. The Balaban J connectivity index is 1.42. The quantitative estimate of drug-likeness (QED) is 0.0134. The molecular weight excluding hydrogens is 1010 g/mol. The molecule has 1 aromatic rings. The molecule has 0 amide bonds. The molecule has 21 heteroatoms. The van der Waals surface area contributed by atoms with Gasteiger partial charge in [-0.05, 0) is 102 Å². The number of nitrogen functional groups attached to an aromatic ring is 1. The van der Waals surface area contributed by atoms with Gasteiger partial charge in [-0.25, -0.2) is 13.9 Å². The second-order valence-electron chi connectivity index (χ2n) is 18.0. The molecule has 0 radical (unpaired) electrons. The van der Waals surface area contributed by atoms with Crippen molar-refractivity contribution in [1.82, 2.24) is 9.55 Å². The van der Waals surface area contributed by atoms with E-state index < -0.39 is 83.7 Å². The first-order valence-corrected chi connectivity index (χ1v) is 29.4. The standard InChI is InChI=1S/C54H83N3O16P2/c1-3-5-7-9-11-13-14-15-16-17-18-19-20-21-22-24-26-28-34-38-50(59)70-44(41-67-49(58)37-33-30-29-32-36-46-45(71-46)35-31-27-25-23-12-10-8-6-4-2)42-68-74(63,64)73-75(65,66)69-43-47-51(60)52(61)53(72-47)57-40-39-48(55)56-54(57)62/h5,7,11-13,15-16,18-19,21-23,27,29,31-32,39-40,44-47,51-53,60-61H,3-4,6,8-10,14,17,20,24-26,28,30,33-38,41-43H2,1-2H3,(H,63,64)(H,65,66)(H2,55,56,62)/b7-5-,13-11-,16-15-,19-18-,22-21-,23-12-,31-27-,32-29-/t44-,45?,46?,47-,51-,52-,53-/m1/s1. The van der Waals surface area contributed by atoms with Gasteiger partial charge in [-0.15, -0.1) is 0 Å². The lowest BCUT2D eigenvalue weighted by Crippen LogP contribution is -2.36. The van der Waals surface area contributed by atoms with E-state index in [1.165, 1.54) is 25.3 Å². The molecule has 420 valence electrons. The monoisotopic (exact) mass is 1090 g/mol. The highest BCUT2D eigenvalue weighted by Crippen LogP contribution is 2.60. The molecule has 2 saturated heterocycles. The Kier molecular flexibility index (Phi) is 33.1. The largest absolute Gasteiger partial charge is 0.481 e. The Labute approximate surface area is 443 Å². The molecular formula is C54H83N3O16P2. The number of nitrogens with zero attached hydrogens (tertiary/aromatic N) is 2. The Morgan fingerprint density at radius 2 is 1.20 bits per heavy atom. The van der Waals surface area contributed by atoms with Crippen LogP contribution in [-0.2, 0) is 51.0 Å². The number of aliphatic hydroxyl groups is 2. The fourth-order valence-electron chi connectivity index (χ4n) is 7.37. The number of nitrogens with two attached hydrogens (primary N) is 1. The molecule has 6 N–H and O–H groups in total. The van der Waals surface area contributed by atoms with E-state index in [9.17, 15) is 43.5 Å². The summed E-state index contributed by atoms with van der Waals surface area (Å²) in [6, 6.07) is 1.24. The fraction of sp³-hybridized carbons (Fsp3) is 0.593. The Morgan fingerprint density at radius 1 is 0.667 bits per heavy atom. The van der Waals surface area contributed by atoms with Crippen LogP contribution in [0.5, 0.6) is 0 Å². The number of allylic oxidation sites excluding steroid dienone is 14. The summed E-state index contributed by atoms with van der Waals surface area (Å²) in [7, 11) is -10.9. The minimum Gasteiger partial charge on any atom is -0.462 e. The number of aromatic nitrogens is 2. The van der Waals surface area contributed by atoms with Gasteiger partial charge in [0.1, 0.15) is 30.7 Å². The average Bonchev–Trinajstić information content (AvgIpc) is 4.06. The minimum absolute atomic E-state index is 0.0102. The molecule has 0 spiro atoms. The summed E-state index contributed by atoms with van der Waals surface area (Å²) < 4.78 is 62.6. The van der Waals surface area contributed by atoms with Crippen LogP contribution in [0.2, 0.25) is 0 Å². The third kappa shape index (κ3) is 30.2. The van der Waals surface area contributed by atoms with Crippen LogP contribution in [0.3, 0.4) is 0 Å². The zero-order valence-electron chi connectivity index (χ0n) is 43.8. The van der Waals surface area contributed by atoms with Crippen molar-refractivity contribution in [2.45, 2.75) is 185 Å². The molecule has 0 aliphatic carbocycles. The Morgan fingerprint density at radius 3 is 1.81 bits per heavy atom. The van der Waals surface area contributed by atoms with E-state index in [1.807, 2.05) is 12.2 Å². The summed E-state index contributed by atoms with van der Waals surface area (Å²) in [4.78, 5) is 62.1. The minimum atomic E-state index is -5.45. The molecule has 2 aliphatic heterocycles. The first-order valence-electron chi connectivity index (χ1n) is 26.4. The van der Waals surface area contributed by atoms with Crippen LogP contribution >= 0.6 is 15.6 Å². The van der Waals surface area contributed by atoms with Crippen LogP contribution in [0, 0.1) is 0 Å². The van der Waals surface area contributed by atoms with E-state index in [1.54, 1.807) is 0 Å². The van der Waals surface area contributed by atoms with E-state index in [0.717, 1.165) is 81.4 Å². The maximum atomic E-state index is 12.9. The number of aliphatic hydroxyl groups excluding tert-OH is 2. The molecule has 3 rings (SSSR count). The van der Waals surface area contributed by atoms with Crippen LogP contribution in [0.25, 0.3) is 0 Å². The maximum absolute atomic E-state index is 12.9. The fourth-order valence-corrected chi connectivity index (χ4v) is 9.48. The number of esters is 2. The Bertz CT molecular complexity index is 2210. The number of hydrogen-bond acceptors (Lipinski definition) is 16. The van der Waals surface area contributed by atoms with Gasteiger partial charge in [-0.1, -0.05) is 130 Å². The SMILES string of the molecule is CC/C=C\C/C=C\C/C=C\C/C=C\C/C=C\CCCCCC(=O)O[C@H](COC(=O)CCC/C=C\CC1OC1C/C=C\C/C=C\CCCCC)COP(=O)(O)OP(=O)(O)OC[C@H]1O[C@@H](n2ccc(N)nc2=O)[C@H](O)[C@@H]1O. The highest BCUT2D eigenvalue weighted by atomic mass is 31.3. The molecule has 2 aliphatic rings. The zero-order valence-corrected chi connectivity index (χ0v) is 45.5. The van der Waals surface area contributed by atoms with Gasteiger partial charge >= 0.3 is 33.3 Å². The van der Waals surface area contributed by atoms with Crippen LogP contribution in [0.4, 0.5) is 5.82 Å². The molecule has 75 heavy (non-hydrogen) atoms. The topological polar surface area (TPSA) is 278 Å². The van der Waals surface area contributed by atoms with Gasteiger partial charge in [0, 0.05) is 19.0 Å². The van der Waals surface area contributed by atoms with Crippen molar-refractivity contribution < 1.29 is 71.0 Å². The smallest absolute Gasteiger partial charge is 0.462 e. The molecule has 3 heterocycles. The molecule has 0 saturated carbocycles. The highest BCUT2D eigenvalue weighted by Gasteiger charge is 2.46. The van der Waals surface area contributed by atoms with Crippen molar-refractivity contribution in [1.29, 1.82) is 0 Å². The number of hydrogen-bond donors (Lipinski definition) is 5. The van der Waals surface area contributed by atoms with Gasteiger partial charge < -0.3 is 44.7 Å². The number of anilines is 1. The molecule has 2 fully saturated rings. The van der Waals surface area contributed by atoms with Crippen LogP contribution in [0.1, 0.15) is 148 Å². The normalized spacial score (nSPS) is 22.3. The van der Waals surface area contributed by atoms with E-state index in [0.29, 0.717) is 25.7 Å². The molecule has 19 nitrogen and oxygen atoms in total. The zero-order chi connectivity index (χ0) is 54.6. The number of epoxide rings is 1. The van der Waals surface area contributed by atoms with Crippen molar-refractivity contribution in [3.63, 3.8) is 0 Å². The average molecular weight is 1090 g/mol. The van der Waals surface area contributed by atoms with Crippen molar-refractivity contribution in [2.24, 2.45) is 0 Å². The van der Waals surface area contributed by atoms with Crippen molar-refractivity contribution in [3.8, 4) is 0 Å². The van der Waals surface area contributed by atoms with Gasteiger partial charge in [-0.3, -0.25) is 23.2 Å². The van der Waals surface area contributed by atoms with Crippen molar-refractivity contribution >= 4 is 33.4 Å². The lowest BCUT2D eigenvalue weighted by Gasteiger charge is -2.21. The summed E-state index contributed by atoms with van der Waals surface area (Å²) in [5.74, 6) is -1.42. The number of phosphoric ester groups is 2. The van der Waals surface area contributed by atoms with Crippen molar-refractivity contribution in [3.05, 3.63) is 120 Å². The number of carbonyl (C=O) groups excluding carboxylic acids is 2. The summed E-state index contributed by atoms with van der Waals surface area (Å²) in [6.45, 7) is 1.91. The van der Waals surface area contributed by atoms with E-state index >= 15 is 0 Å². The summed E-state index contributed by atoms with van der Waals surface area (Å²) >= 11 is 0. The Hall–Kier alpha value is -4.36. The number of carbonyl (C=O) groups is 2. The number of ether oxygens (including phenoxy) is 4. The number of phosphoric acid groups is 2. The number of unbranched alkanes of at least 4 members (excludes halogenated alkanes) is 7. The van der Waals surface area contributed by atoms with Gasteiger partial charge in [-0.2, -0.15) is 9.29 Å². The van der Waals surface area contributed by atoms with Crippen LogP contribution in [-0.4, -0.2) is 97.9 Å². The van der Waals surface area contributed by atoms with Crippen LogP contribution < -0.4 is 11.4 Å². The van der Waals surface area contributed by atoms with Crippen molar-refractivity contribution in [2.75, 3.05) is 25.6 Å². The molecule has 0 aromatic carbocycles. The lowest BCUT2D eigenvalue weighted by molar-refractivity contribution is -0.161. The first kappa shape index (κ1) is 64.9. The van der Waals surface area contributed by atoms with E-state index in [2.05, 4.69) is 108 Å². The van der Waals surface area contributed by atoms with Crippen LogP contribution in [0.15, 0.2) is 114 Å². The second kappa shape index (κ2) is 38.2. The third-order valence-electron chi connectivity index (χ3n) is 11.6. The lowest BCUT2D eigenvalue weighted by atomic mass is 10.1. The second-order valence-corrected chi connectivity index (χ2v) is 21.1. The third-order valence-corrected chi connectivity index (χ3v) is 14.2. The maximum Gasteiger partial charge on any atom is 0.481 e. The van der Waals surface area contributed by atoms with Gasteiger partial charge in [0.15, 0.2) is 12.3 Å². The van der Waals surface area contributed by atoms with Gasteiger partial charge in [0.2, 0.25) is 0 Å². The highest BCUT2D eigenvalue weighted by molar-refractivity contribution is 7.61. The summed E-state index contributed by atoms with van der Waals surface area (Å²) in [5, 5.41) is 20.9. The predicted octanol–water partition coefficient (Wildman–Crippen LogP) is 10.2. The first-order chi connectivity index (χ1) is 36.1.